The highest BCUT2D eigenvalue weighted by molar-refractivity contribution is 7.54. The van der Waals surface area contributed by atoms with Gasteiger partial charge in [-0.2, -0.15) is 0 Å². The van der Waals surface area contributed by atoms with Gasteiger partial charge >= 0.3 is 7.67 Å². The number of alkyl halides is 2. The molecule has 1 heterocycles. The average molecular weight is 309 g/mol. The van der Waals surface area contributed by atoms with Crippen LogP contribution in [0.5, 0.6) is 5.75 Å². The van der Waals surface area contributed by atoms with E-state index < -0.39 is 7.67 Å². The molecule has 0 aliphatic carbocycles. The van der Waals surface area contributed by atoms with E-state index in [0.717, 1.165) is 5.56 Å². The van der Waals surface area contributed by atoms with Crippen LogP contribution < -0.4 is 9.61 Å². The molecular formula is C11H15Cl2N2O2P. The Morgan fingerprint density at radius 3 is 2.61 bits per heavy atom. The molecular weight excluding hydrogens is 294 g/mol. The van der Waals surface area contributed by atoms with Gasteiger partial charge in [0.2, 0.25) is 0 Å². The molecule has 0 aromatic heterocycles. The highest BCUT2D eigenvalue weighted by Crippen LogP contribution is 2.50. The van der Waals surface area contributed by atoms with Crippen LogP contribution >= 0.6 is 30.9 Å². The van der Waals surface area contributed by atoms with Gasteiger partial charge in [0.05, 0.1) is 0 Å². The van der Waals surface area contributed by atoms with Crippen molar-refractivity contribution >= 4 is 30.9 Å². The topological polar surface area (TPSA) is 41.6 Å². The number of nitrogens with zero attached hydrogens (tertiary/aromatic N) is 1. The van der Waals surface area contributed by atoms with Crippen LogP contribution in [0.15, 0.2) is 24.3 Å². The maximum absolute atomic E-state index is 12.8. The maximum Gasteiger partial charge on any atom is 0.393 e. The zero-order valence-corrected chi connectivity index (χ0v) is 12.2. The Morgan fingerprint density at radius 2 is 1.94 bits per heavy atom. The van der Waals surface area contributed by atoms with Gasteiger partial charge in [-0.25, -0.2) is 14.3 Å². The fraction of sp³-hybridized carbons (Fsp3) is 0.455. The smallest absolute Gasteiger partial charge is 0.393 e. The number of nitrogens with one attached hydrogen (secondary N) is 1. The number of para-hydroxylation sites is 1. The highest BCUT2D eigenvalue weighted by atomic mass is 35.5. The molecule has 0 unspecified atom stereocenters. The third-order valence-corrected chi connectivity index (χ3v) is 5.21. The number of rotatable bonds is 5. The van der Waals surface area contributed by atoms with Gasteiger partial charge in [-0.05, 0) is 6.07 Å². The normalized spacial score (nSPS) is 22.6. The first-order valence-corrected chi connectivity index (χ1v) is 8.34. The van der Waals surface area contributed by atoms with Gasteiger partial charge in [0.1, 0.15) is 5.75 Å². The van der Waals surface area contributed by atoms with Crippen molar-refractivity contribution in [3.63, 3.8) is 0 Å². The van der Waals surface area contributed by atoms with E-state index in [9.17, 15) is 4.57 Å². The first-order chi connectivity index (χ1) is 8.69. The molecule has 0 spiro atoms. The summed E-state index contributed by atoms with van der Waals surface area (Å²) in [5, 5.41) is 2.96. The molecule has 0 saturated heterocycles. The summed E-state index contributed by atoms with van der Waals surface area (Å²) < 4.78 is 20.1. The van der Waals surface area contributed by atoms with Crippen LogP contribution in [0, 0.1) is 0 Å². The lowest BCUT2D eigenvalue weighted by molar-refractivity contribution is 0.349. The fourth-order valence-electron chi connectivity index (χ4n) is 1.82. The number of halogens is 2. The molecule has 1 aliphatic rings. The quantitative estimate of drug-likeness (QED) is 0.670. The van der Waals surface area contributed by atoms with E-state index in [0.29, 0.717) is 37.1 Å². The molecule has 0 fully saturated rings. The van der Waals surface area contributed by atoms with Gasteiger partial charge in [0.15, 0.2) is 0 Å². The van der Waals surface area contributed by atoms with Crippen LogP contribution in [0.4, 0.5) is 0 Å². The second-order valence-corrected chi connectivity index (χ2v) is 6.75. The number of hydrogen-bond donors (Lipinski definition) is 1. The van der Waals surface area contributed by atoms with E-state index in [4.69, 9.17) is 27.7 Å². The molecule has 1 N–H and O–H groups in total. The summed E-state index contributed by atoms with van der Waals surface area (Å²) in [6.07, 6.45) is 0. The molecule has 18 heavy (non-hydrogen) atoms. The Morgan fingerprint density at radius 1 is 1.28 bits per heavy atom. The maximum atomic E-state index is 12.8. The summed E-state index contributed by atoms with van der Waals surface area (Å²) in [7, 11) is -3.07. The van der Waals surface area contributed by atoms with E-state index in [-0.39, 0.29) is 0 Å². The fourth-order valence-corrected chi connectivity index (χ4v) is 4.38. The molecule has 1 atom stereocenters. The molecule has 2 rings (SSSR count). The molecule has 1 aromatic carbocycles. The second kappa shape index (κ2) is 6.27. The third kappa shape index (κ3) is 3.01. The molecule has 100 valence electrons. The lowest BCUT2D eigenvalue weighted by atomic mass is 10.2. The minimum atomic E-state index is -3.07. The van der Waals surface area contributed by atoms with Crippen LogP contribution in [0.3, 0.4) is 0 Å². The zero-order valence-electron chi connectivity index (χ0n) is 9.81. The Balaban J connectivity index is 2.20. The van der Waals surface area contributed by atoms with Crippen molar-refractivity contribution in [2.75, 3.05) is 24.8 Å². The van der Waals surface area contributed by atoms with Crippen LogP contribution in [0.25, 0.3) is 0 Å². The molecule has 0 amide bonds. The van der Waals surface area contributed by atoms with E-state index >= 15 is 0 Å². The molecule has 1 aliphatic heterocycles. The van der Waals surface area contributed by atoms with Crippen molar-refractivity contribution in [1.29, 1.82) is 0 Å². The van der Waals surface area contributed by atoms with Crippen molar-refractivity contribution in [2.24, 2.45) is 0 Å². The van der Waals surface area contributed by atoms with Gasteiger partial charge in [-0.3, -0.25) is 0 Å². The van der Waals surface area contributed by atoms with Crippen LogP contribution in [0.2, 0.25) is 0 Å². The molecule has 0 bridgehead atoms. The minimum Gasteiger partial charge on any atom is -0.422 e. The summed E-state index contributed by atoms with van der Waals surface area (Å²) in [5.74, 6) is 1.43. The zero-order chi connectivity index (χ0) is 13.0. The molecule has 0 radical (unpaired) electrons. The molecule has 7 heteroatoms. The number of hydrogen-bond acceptors (Lipinski definition) is 2. The first kappa shape index (κ1) is 14.2. The van der Waals surface area contributed by atoms with Crippen molar-refractivity contribution in [1.82, 2.24) is 9.76 Å². The van der Waals surface area contributed by atoms with E-state index in [1.807, 2.05) is 24.3 Å². The van der Waals surface area contributed by atoms with Gasteiger partial charge in [-0.1, -0.05) is 18.2 Å². The lowest BCUT2D eigenvalue weighted by Crippen LogP contribution is -2.35. The molecule has 1 aromatic rings. The van der Waals surface area contributed by atoms with Gasteiger partial charge in [-0.15, -0.1) is 23.2 Å². The van der Waals surface area contributed by atoms with E-state index in [1.165, 1.54) is 0 Å². The third-order valence-electron chi connectivity index (χ3n) is 2.72. The van der Waals surface area contributed by atoms with Crippen molar-refractivity contribution in [3.05, 3.63) is 29.8 Å². The monoisotopic (exact) mass is 308 g/mol. The van der Waals surface area contributed by atoms with Crippen molar-refractivity contribution in [2.45, 2.75) is 6.54 Å². The summed E-state index contributed by atoms with van der Waals surface area (Å²) in [6, 6.07) is 7.55. The molecule has 4 nitrogen and oxygen atoms in total. The van der Waals surface area contributed by atoms with Gasteiger partial charge in [0.25, 0.3) is 0 Å². The Hall–Kier alpha value is -0.250. The summed E-state index contributed by atoms with van der Waals surface area (Å²) in [5.41, 5.74) is 1.00. The highest BCUT2D eigenvalue weighted by Gasteiger charge is 2.36. The Kier molecular flexibility index (Phi) is 4.93. The SMILES string of the molecule is O=[P@@]1(N(CCCl)CCCl)NCc2ccccc2O1. The standard InChI is InChI=1S/C11H15Cl2N2O2P/c12-5-7-15(8-6-13)18(16)14-9-10-3-1-2-4-11(10)17-18/h1-4H,5-9H2,(H,14,16)/t18-/m0/s1. The van der Waals surface area contributed by atoms with Crippen molar-refractivity contribution < 1.29 is 9.09 Å². The largest absolute Gasteiger partial charge is 0.422 e. The number of benzene rings is 1. The first-order valence-electron chi connectivity index (χ1n) is 5.69. The predicted molar refractivity (Wildman–Crippen MR) is 74.5 cm³/mol. The lowest BCUT2D eigenvalue weighted by Gasteiger charge is -2.34. The summed E-state index contributed by atoms with van der Waals surface area (Å²) >= 11 is 11.4. The van der Waals surface area contributed by atoms with E-state index in [2.05, 4.69) is 5.09 Å². The van der Waals surface area contributed by atoms with Crippen LogP contribution in [-0.4, -0.2) is 29.5 Å². The van der Waals surface area contributed by atoms with Gasteiger partial charge < -0.3 is 4.52 Å². The Bertz CT molecular complexity index is 452. The predicted octanol–water partition coefficient (Wildman–Crippen LogP) is 3.06. The van der Waals surface area contributed by atoms with Gasteiger partial charge in [0, 0.05) is 37.0 Å². The second-order valence-electron chi connectivity index (χ2n) is 3.89. The molecule has 0 saturated carbocycles. The van der Waals surface area contributed by atoms with E-state index in [1.54, 1.807) is 4.67 Å². The van der Waals surface area contributed by atoms with Crippen molar-refractivity contribution in [3.8, 4) is 5.75 Å². The summed E-state index contributed by atoms with van der Waals surface area (Å²) in [4.78, 5) is 0. The minimum absolute atomic E-state index is 0.383. The van der Waals surface area contributed by atoms with Crippen LogP contribution in [0.1, 0.15) is 5.56 Å². The average Bonchev–Trinajstić information content (AvgIpc) is 2.38. The number of fused-ring (bicyclic) bond motifs is 1. The van der Waals surface area contributed by atoms with Crippen LogP contribution in [-0.2, 0) is 11.1 Å². The summed E-state index contributed by atoms with van der Waals surface area (Å²) in [6.45, 7) is 1.47. The Labute approximate surface area is 117 Å².